The first kappa shape index (κ1) is 10.9. The molecule has 0 aliphatic carbocycles. The Kier molecular flexibility index (Phi) is 3.69. The smallest absolute Gasteiger partial charge is 0.408 e. The number of hydrogen-bond donors (Lipinski definition) is 2. The Morgan fingerprint density at radius 2 is 2.17 bits per heavy atom. The zero-order valence-corrected chi connectivity index (χ0v) is 7.46. The Labute approximate surface area is 71.3 Å². The van der Waals surface area contributed by atoms with Gasteiger partial charge >= 0.3 is 6.09 Å². The van der Waals surface area contributed by atoms with Gasteiger partial charge in [0.1, 0.15) is 0 Å². The van der Waals surface area contributed by atoms with Crippen molar-refractivity contribution in [3.05, 3.63) is 0 Å². The van der Waals surface area contributed by atoms with E-state index in [1.54, 1.807) is 13.8 Å². The highest BCUT2D eigenvalue weighted by atomic mass is 16.5. The Hall–Kier alpha value is -1.10. The van der Waals surface area contributed by atoms with Gasteiger partial charge in [-0.15, -0.1) is 0 Å². The molecule has 1 atom stereocenters. The molecule has 3 N–H and O–H groups in total. The quantitative estimate of drug-likeness (QED) is 0.460. The van der Waals surface area contributed by atoms with Crippen LogP contribution in [0.1, 0.15) is 13.8 Å². The number of methoxy groups -OCH3 is 1. The van der Waals surface area contributed by atoms with E-state index in [1.165, 1.54) is 7.11 Å². The van der Waals surface area contributed by atoms with E-state index >= 15 is 0 Å². The van der Waals surface area contributed by atoms with Crippen LogP contribution in [-0.2, 0) is 9.53 Å². The molecular formula is C7H14N2O3. The number of carbonyl (C=O) groups is 2. The Morgan fingerprint density at radius 1 is 1.67 bits per heavy atom. The van der Waals surface area contributed by atoms with Crippen LogP contribution in [0.15, 0.2) is 0 Å². The lowest BCUT2D eigenvalue weighted by atomic mass is 9.99. The minimum Gasteiger partial charge on any atom is -0.453 e. The third kappa shape index (κ3) is 2.50. The molecule has 0 unspecified atom stereocenters. The van der Waals surface area contributed by atoms with Crippen molar-refractivity contribution >= 4 is 12.4 Å². The maximum absolute atomic E-state index is 10.7. The lowest BCUT2D eigenvalue weighted by Gasteiger charge is -2.27. The predicted molar refractivity (Wildman–Crippen MR) is 43.4 cm³/mol. The molecule has 0 spiro atoms. The second kappa shape index (κ2) is 4.06. The van der Waals surface area contributed by atoms with Gasteiger partial charge in [0.15, 0.2) is 11.9 Å². The van der Waals surface area contributed by atoms with Crippen LogP contribution in [0.5, 0.6) is 0 Å². The van der Waals surface area contributed by atoms with Gasteiger partial charge in [-0.1, -0.05) is 13.8 Å². The van der Waals surface area contributed by atoms with Crippen LogP contribution in [0.25, 0.3) is 0 Å². The first-order valence-electron chi connectivity index (χ1n) is 3.57. The van der Waals surface area contributed by atoms with Crippen molar-refractivity contribution in [3.63, 3.8) is 0 Å². The van der Waals surface area contributed by atoms with Crippen molar-refractivity contribution in [2.75, 3.05) is 7.11 Å². The van der Waals surface area contributed by atoms with E-state index in [1.807, 2.05) is 0 Å². The molecule has 0 heterocycles. The van der Waals surface area contributed by atoms with Crippen LogP contribution in [0.4, 0.5) is 4.79 Å². The van der Waals surface area contributed by atoms with E-state index in [2.05, 4.69) is 10.1 Å². The number of carbonyl (C=O) groups excluding carboxylic acids is 2. The van der Waals surface area contributed by atoms with Crippen molar-refractivity contribution < 1.29 is 14.3 Å². The molecule has 0 saturated heterocycles. The zero-order valence-electron chi connectivity index (χ0n) is 7.46. The average molecular weight is 174 g/mol. The van der Waals surface area contributed by atoms with Crippen LogP contribution in [0.3, 0.4) is 0 Å². The second-order valence-electron chi connectivity index (χ2n) is 2.82. The third-order valence-corrected chi connectivity index (χ3v) is 1.65. The lowest BCUT2D eigenvalue weighted by Crippen LogP contribution is -2.60. The summed E-state index contributed by atoms with van der Waals surface area (Å²) in [6.07, 6.45) is -0.215. The molecule has 5 heteroatoms. The van der Waals surface area contributed by atoms with Gasteiger partial charge in [0.05, 0.1) is 7.11 Å². The van der Waals surface area contributed by atoms with Gasteiger partial charge in [0.2, 0.25) is 0 Å². The van der Waals surface area contributed by atoms with Gasteiger partial charge < -0.3 is 10.5 Å². The van der Waals surface area contributed by atoms with E-state index in [0.717, 1.165) is 0 Å². The van der Waals surface area contributed by atoms with Crippen molar-refractivity contribution in [3.8, 4) is 0 Å². The summed E-state index contributed by atoms with van der Waals surface area (Å²) >= 11 is 0. The molecule has 0 bridgehead atoms. The maximum Gasteiger partial charge on any atom is 0.408 e. The molecule has 0 aliphatic rings. The van der Waals surface area contributed by atoms with E-state index in [9.17, 15) is 9.59 Å². The molecule has 0 fully saturated rings. The van der Waals surface area contributed by atoms with Crippen molar-refractivity contribution in [1.29, 1.82) is 0 Å². The summed E-state index contributed by atoms with van der Waals surface area (Å²) in [7, 11) is 1.21. The van der Waals surface area contributed by atoms with Gasteiger partial charge in [-0.05, 0) is 5.92 Å². The maximum atomic E-state index is 10.7. The summed E-state index contributed by atoms with van der Waals surface area (Å²) in [5.74, 6) is -0.186. The Bertz CT molecular complexity index is 181. The molecule has 0 aromatic rings. The largest absolute Gasteiger partial charge is 0.453 e. The number of rotatable bonds is 3. The monoisotopic (exact) mass is 174 g/mol. The summed E-state index contributed by atoms with van der Waals surface area (Å²) in [6, 6.07) is 0. The van der Waals surface area contributed by atoms with E-state index in [4.69, 9.17) is 5.73 Å². The van der Waals surface area contributed by atoms with Gasteiger partial charge in [-0.25, -0.2) is 4.79 Å². The first-order valence-corrected chi connectivity index (χ1v) is 3.57. The predicted octanol–water partition coefficient (Wildman–Crippen LogP) is -0.148. The molecule has 5 nitrogen and oxygen atoms in total. The van der Waals surface area contributed by atoms with Gasteiger partial charge in [0, 0.05) is 0 Å². The van der Waals surface area contributed by atoms with Crippen molar-refractivity contribution in [2.24, 2.45) is 11.7 Å². The standard InChI is InChI=1S/C7H14N2O3/c1-5(2)7(8,4-10)9-6(11)12-3/h4-5H,8H2,1-3H3,(H,9,11)/t7-/m1/s1. The number of ether oxygens (including phenoxy) is 1. The highest BCUT2D eigenvalue weighted by Gasteiger charge is 2.30. The van der Waals surface area contributed by atoms with Gasteiger partial charge in [-0.2, -0.15) is 0 Å². The van der Waals surface area contributed by atoms with Gasteiger partial charge in [-0.3, -0.25) is 10.1 Å². The molecular weight excluding hydrogens is 160 g/mol. The minimum atomic E-state index is -1.34. The van der Waals surface area contributed by atoms with Crippen molar-refractivity contribution in [1.82, 2.24) is 5.32 Å². The Balaban J connectivity index is 4.34. The second-order valence-corrected chi connectivity index (χ2v) is 2.82. The van der Waals surface area contributed by atoms with Crippen LogP contribution in [-0.4, -0.2) is 25.2 Å². The van der Waals surface area contributed by atoms with Crippen LogP contribution < -0.4 is 11.1 Å². The minimum absolute atomic E-state index is 0.186. The molecule has 0 aromatic carbocycles. The van der Waals surface area contributed by atoms with Gasteiger partial charge in [0.25, 0.3) is 0 Å². The fraction of sp³-hybridized carbons (Fsp3) is 0.714. The molecule has 70 valence electrons. The fourth-order valence-corrected chi connectivity index (χ4v) is 0.538. The van der Waals surface area contributed by atoms with Crippen LogP contribution in [0.2, 0.25) is 0 Å². The van der Waals surface area contributed by atoms with E-state index < -0.39 is 11.8 Å². The summed E-state index contributed by atoms with van der Waals surface area (Å²) in [5, 5.41) is 2.24. The lowest BCUT2D eigenvalue weighted by molar-refractivity contribution is -0.114. The first-order chi connectivity index (χ1) is 5.46. The third-order valence-electron chi connectivity index (χ3n) is 1.65. The number of alkyl carbamates (subject to hydrolysis) is 1. The van der Waals surface area contributed by atoms with Crippen LogP contribution in [0, 0.1) is 5.92 Å². The number of amides is 1. The average Bonchev–Trinajstić information content (AvgIpc) is 2.03. The summed E-state index contributed by atoms with van der Waals surface area (Å²) in [6.45, 7) is 3.45. The number of aldehydes is 1. The highest BCUT2D eigenvalue weighted by molar-refractivity contribution is 5.75. The molecule has 0 saturated carbocycles. The topological polar surface area (TPSA) is 81.4 Å². The summed E-state index contributed by atoms with van der Waals surface area (Å²) < 4.78 is 4.31. The van der Waals surface area contributed by atoms with Crippen LogP contribution >= 0.6 is 0 Å². The van der Waals surface area contributed by atoms with E-state index in [-0.39, 0.29) is 5.92 Å². The normalized spacial score (nSPS) is 15.1. The number of hydrogen-bond acceptors (Lipinski definition) is 4. The van der Waals surface area contributed by atoms with Crippen molar-refractivity contribution in [2.45, 2.75) is 19.5 Å². The molecule has 0 radical (unpaired) electrons. The Morgan fingerprint density at radius 3 is 2.42 bits per heavy atom. The molecule has 0 aliphatic heterocycles. The fourth-order valence-electron chi connectivity index (χ4n) is 0.538. The highest BCUT2D eigenvalue weighted by Crippen LogP contribution is 2.07. The zero-order chi connectivity index (χ0) is 9.78. The van der Waals surface area contributed by atoms with E-state index in [0.29, 0.717) is 6.29 Å². The molecule has 1 amide bonds. The molecule has 0 rings (SSSR count). The summed E-state index contributed by atoms with van der Waals surface area (Å²) in [4.78, 5) is 21.2. The molecule has 12 heavy (non-hydrogen) atoms. The summed E-state index contributed by atoms with van der Waals surface area (Å²) in [5.41, 5.74) is 4.20. The number of nitrogens with one attached hydrogen (secondary N) is 1. The SMILES string of the molecule is COC(=O)N[C@](N)(C=O)C(C)C. The molecule has 0 aromatic heterocycles. The number of nitrogens with two attached hydrogens (primary N) is 1.